The quantitative estimate of drug-likeness (QED) is 0.500. The van der Waals surface area contributed by atoms with E-state index in [0.29, 0.717) is 33.0 Å². The highest BCUT2D eigenvalue weighted by molar-refractivity contribution is 7.80. The predicted octanol–water partition coefficient (Wildman–Crippen LogP) is 3.01. The molecule has 10 heteroatoms. The summed E-state index contributed by atoms with van der Waals surface area (Å²) in [6.45, 7) is 3.63. The summed E-state index contributed by atoms with van der Waals surface area (Å²) in [6.07, 6.45) is 0. The number of hydrogen-bond donors (Lipinski definition) is 0. The second-order valence-corrected chi connectivity index (χ2v) is 7.91. The van der Waals surface area contributed by atoms with Crippen molar-refractivity contribution in [1.82, 2.24) is 10.0 Å². The number of benzene rings is 2. The molecule has 2 fully saturated rings. The van der Waals surface area contributed by atoms with E-state index in [1.165, 1.54) is 19.8 Å². The Hall–Kier alpha value is -3.50. The van der Waals surface area contributed by atoms with Crippen LogP contribution in [-0.4, -0.2) is 56.6 Å². The van der Waals surface area contributed by atoms with Crippen LogP contribution < -0.4 is 9.80 Å². The molecule has 0 radical (unpaired) electrons. The van der Waals surface area contributed by atoms with Crippen LogP contribution in [0.2, 0.25) is 0 Å². The maximum Gasteiger partial charge on any atom is 0.255 e. The van der Waals surface area contributed by atoms with Gasteiger partial charge in [0.05, 0.1) is 22.8 Å². The second kappa shape index (κ2) is 8.93. The molecule has 2 aromatic carbocycles. The Morgan fingerprint density at radius 3 is 1.38 bits per heavy atom. The summed E-state index contributed by atoms with van der Waals surface area (Å²) in [7, 11) is 0. The number of nitrogens with zero attached hydrogens (tertiary/aromatic N) is 6. The Labute approximate surface area is 196 Å². The normalized spacial score (nSPS) is 17.8. The first kappa shape index (κ1) is 21.7. The third kappa shape index (κ3) is 4.14. The Morgan fingerprint density at radius 2 is 1.03 bits per heavy atom. The zero-order chi connectivity index (χ0) is 22.8. The number of hydrogen-bond acceptors (Lipinski definition) is 6. The van der Waals surface area contributed by atoms with E-state index in [-0.39, 0.29) is 24.9 Å². The summed E-state index contributed by atoms with van der Waals surface area (Å²) in [6, 6.07) is 18.4. The molecule has 0 N–H and O–H groups in total. The summed E-state index contributed by atoms with van der Waals surface area (Å²) in [4.78, 5) is 27.9. The van der Waals surface area contributed by atoms with Crippen molar-refractivity contribution in [2.24, 2.45) is 10.2 Å². The molecule has 0 bridgehead atoms. The lowest BCUT2D eigenvalue weighted by molar-refractivity contribution is -0.117. The number of thiocarbonyl (C=S) groups is 2. The lowest BCUT2D eigenvalue weighted by atomic mass is 10.3. The number of rotatable bonds is 5. The van der Waals surface area contributed by atoms with E-state index >= 15 is 0 Å². The van der Waals surface area contributed by atoms with E-state index in [0.717, 1.165) is 0 Å². The highest BCUT2D eigenvalue weighted by Gasteiger charge is 2.35. The first-order chi connectivity index (χ1) is 15.4. The van der Waals surface area contributed by atoms with Crippen LogP contribution in [0.5, 0.6) is 0 Å². The standard InChI is InChI=1S/C22H20N6O2S2/c1-15(23-25-13-19(29)27(21(25)31)17-9-5-3-6-10-17)16(2)24-26-14-20(30)28(22(26)32)18-11-7-4-8-12-18/h3-12H,13-14H2,1-2H3/b23-15+,24-16+. The third-order valence-electron chi connectivity index (χ3n) is 4.99. The van der Waals surface area contributed by atoms with Crippen LogP contribution in [0.1, 0.15) is 13.8 Å². The molecular weight excluding hydrogens is 444 g/mol. The molecule has 2 heterocycles. The molecule has 0 spiro atoms. The molecule has 162 valence electrons. The molecule has 0 aromatic heterocycles. The van der Waals surface area contributed by atoms with Crippen molar-refractivity contribution in [2.45, 2.75) is 13.8 Å². The van der Waals surface area contributed by atoms with Gasteiger partial charge in [-0.15, -0.1) is 0 Å². The van der Waals surface area contributed by atoms with Crippen LogP contribution >= 0.6 is 24.4 Å². The van der Waals surface area contributed by atoms with E-state index < -0.39 is 0 Å². The monoisotopic (exact) mass is 464 g/mol. The molecule has 4 rings (SSSR count). The van der Waals surface area contributed by atoms with Gasteiger partial charge in [0, 0.05) is 0 Å². The van der Waals surface area contributed by atoms with Gasteiger partial charge in [0.25, 0.3) is 11.8 Å². The average Bonchev–Trinajstić information content (AvgIpc) is 3.22. The van der Waals surface area contributed by atoms with Gasteiger partial charge in [-0.1, -0.05) is 36.4 Å². The fourth-order valence-electron chi connectivity index (χ4n) is 3.30. The summed E-state index contributed by atoms with van der Waals surface area (Å²) in [5.41, 5.74) is 2.52. The largest absolute Gasteiger partial charge is 0.272 e. The number of anilines is 2. The zero-order valence-electron chi connectivity index (χ0n) is 17.5. The smallest absolute Gasteiger partial charge is 0.255 e. The van der Waals surface area contributed by atoms with Crippen molar-refractivity contribution in [2.75, 3.05) is 22.9 Å². The minimum absolute atomic E-state index is 0.0424. The highest BCUT2D eigenvalue weighted by Crippen LogP contribution is 2.23. The summed E-state index contributed by atoms with van der Waals surface area (Å²) in [5, 5.41) is 12.5. The zero-order valence-corrected chi connectivity index (χ0v) is 19.1. The van der Waals surface area contributed by atoms with E-state index in [2.05, 4.69) is 10.2 Å². The van der Waals surface area contributed by atoms with Crippen molar-refractivity contribution in [3.63, 3.8) is 0 Å². The van der Waals surface area contributed by atoms with Gasteiger partial charge in [-0.3, -0.25) is 19.4 Å². The molecule has 2 aromatic rings. The van der Waals surface area contributed by atoms with Crippen LogP contribution in [-0.2, 0) is 9.59 Å². The van der Waals surface area contributed by atoms with Crippen LogP contribution in [0, 0.1) is 0 Å². The van der Waals surface area contributed by atoms with Gasteiger partial charge in [0.1, 0.15) is 13.1 Å². The minimum Gasteiger partial charge on any atom is -0.272 e. The average molecular weight is 465 g/mol. The topological polar surface area (TPSA) is 71.8 Å². The Bertz CT molecular complexity index is 1060. The van der Waals surface area contributed by atoms with Gasteiger partial charge in [-0.2, -0.15) is 10.2 Å². The van der Waals surface area contributed by atoms with Gasteiger partial charge in [0.15, 0.2) is 0 Å². The van der Waals surface area contributed by atoms with Crippen molar-refractivity contribution < 1.29 is 9.59 Å². The number of carbonyl (C=O) groups is 2. The molecule has 8 nitrogen and oxygen atoms in total. The fraction of sp³-hybridized carbons (Fsp3) is 0.182. The van der Waals surface area contributed by atoms with Gasteiger partial charge < -0.3 is 0 Å². The van der Waals surface area contributed by atoms with Crippen LogP contribution in [0.25, 0.3) is 0 Å². The van der Waals surface area contributed by atoms with Gasteiger partial charge in [-0.05, 0) is 62.5 Å². The van der Waals surface area contributed by atoms with E-state index in [4.69, 9.17) is 24.4 Å². The minimum atomic E-state index is -0.155. The maximum absolute atomic E-state index is 12.5. The molecule has 2 aliphatic heterocycles. The number of carbonyl (C=O) groups excluding carboxylic acids is 2. The first-order valence-electron chi connectivity index (χ1n) is 9.86. The first-order valence-corrected chi connectivity index (χ1v) is 10.7. The highest BCUT2D eigenvalue weighted by atomic mass is 32.1. The lowest BCUT2D eigenvalue weighted by Crippen LogP contribution is -2.32. The Kier molecular flexibility index (Phi) is 6.06. The molecule has 0 saturated carbocycles. The van der Waals surface area contributed by atoms with Gasteiger partial charge in [0.2, 0.25) is 10.2 Å². The van der Waals surface area contributed by atoms with Crippen molar-refractivity contribution in [3.8, 4) is 0 Å². The SMILES string of the molecule is CC(=N\N1CC(=O)N(c2ccccc2)C1=S)/C(C)=N/N1CC(=O)N(c2ccccc2)C1=S. The molecule has 2 saturated heterocycles. The molecule has 2 aliphatic rings. The molecule has 32 heavy (non-hydrogen) atoms. The molecule has 0 unspecified atom stereocenters. The number of hydrazone groups is 2. The van der Waals surface area contributed by atoms with Gasteiger partial charge >= 0.3 is 0 Å². The third-order valence-corrected chi connectivity index (χ3v) is 5.77. The van der Waals surface area contributed by atoms with E-state index in [1.807, 2.05) is 60.7 Å². The van der Waals surface area contributed by atoms with E-state index in [9.17, 15) is 9.59 Å². The molecular formula is C22H20N6O2S2. The lowest BCUT2D eigenvalue weighted by Gasteiger charge is -2.18. The summed E-state index contributed by atoms with van der Waals surface area (Å²) in [5.74, 6) is -0.311. The van der Waals surface area contributed by atoms with Crippen LogP contribution in [0.15, 0.2) is 70.9 Å². The van der Waals surface area contributed by atoms with Crippen LogP contribution in [0.3, 0.4) is 0 Å². The number of amides is 2. The van der Waals surface area contributed by atoms with Gasteiger partial charge in [-0.25, -0.2) is 10.0 Å². The van der Waals surface area contributed by atoms with Crippen molar-refractivity contribution in [1.29, 1.82) is 0 Å². The van der Waals surface area contributed by atoms with Crippen molar-refractivity contribution >= 4 is 69.3 Å². The van der Waals surface area contributed by atoms with Crippen molar-refractivity contribution in [3.05, 3.63) is 60.7 Å². The predicted molar refractivity (Wildman–Crippen MR) is 133 cm³/mol. The molecule has 0 aliphatic carbocycles. The summed E-state index contributed by atoms with van der Waals surface area (Å²) < 4.78 is 0. The fourth-order valence-corrected chi connectivity index (χ4v) is 3.93. The van der Waals surface area contributed by atoms with E-state index in [1.54, 1.807) is 13.8 Å². The maximum atomic E-state index is 12.5. The second-order valence-electron chi connectivity index (χ2n) is 7.18. The Balaban J connectivity index is 1.50. The molecule has 0 atom stereocenters. The summed E-state index contributed by atoms with van der Waals surface area (Å²) >= 11 is 10.9. The van der Waals surface area contributed by atoms with Crippen LogP contribution in [0.4, 0.5) is 11.4 Å². The Morgan fingerprint density at radius 1 is 0.688 bits per heavy atom. The number of para-hydroxylation sites is 2. The molecule has 2 amide bonds.